The fourth-order valence-corrected chi connectivity index (χ4v) is 6.62. The Balaban J connectivity index is 3.85. The first-order chi connectivity index (χ1) is 25.0. The van der Waals surface area contributed by atoms with E-state index >= 15 is 0 Å². The third-order valence-corrected chi connectivity index (χ3v) is 10.3. The fourth-order valence-electron chi connectivity index (χ4n) is 5.89. The van der Waals surface area contributed by atoms with Crippen molar-refractivity contribution >= 4 is 13.7 Å². The van der Waals surface area contributed by atoms with Gasteiger partial charge in [0.25, 0.3) is 7.82 Å². The van der Waals surface area contributed by atoms with Gasteiger partial charge < -0.3 is 28.8 Å². The first-order valence-electron chi connectivity index (χ1n) is 21.4. The third-order valence-electron chi connectivity index (χ3n) is 9.33. The molecule has 0 aliphatic carbocycles. The molecule has 3 atom stereocenters. The number of amides is 1. The van der Waals surface area contributed by atoms with E-state index in [1.165, 1.54) is 122 Å². The van der Waals surface area contributed by atoms with Crippen LogP contribution >= 0.6 is 7.82 Å². The zero-order valence-electron chi connectivity index (χ0n) is 34.5. The van der Waals surface area contributed by atoms with Crippen LogP contribution in [0.25, 0.3) is 0 Å². The van der Waals surface area contributed by atoms with Crippen LogP contribution in [-0.4, -0.2) is 68.5 Å². The second kappa shape index (κ2) is 35.4. The molecule has 0 bridgehead atoms. The van der Waals surface area contributed by atoms with Crippen molar-refractivity contribution in [2.75, 3.05) is 40.9 Å². The van der Waals surface area contributed by atoms with Gasteiger partial charge in [0.1, 0.15) is 13.2 Å². The van der Waals surface area contributed by atoms with Gasteiger partial charge in [0, 0.05) is 6.42 Å². The van der Waals surface area contributed by atoms with Crippen LogP contribution in [0.5, 0.6) is 0 Å². The highest BCUT2D eigenvalue weighted by Crippen LogP contribution is 2.38. The Morgan fingerprint density at radius 3 is 1.63 bits per heavy atom. The molecule has 306 valence electrons. The maximum atomic E-state index is 12.7. The molecule has 8 nitrogen and oxygen atoms in total. The number of hydrogen-bond acceptors (Lipinski definition) is 6. The summed E-state index contributed by atoms with van der Waals surface area (Å²) >= 11 is 0. The largest absolute Gasteiger partial charge is 0.756 e. The summed E-state index contributed by atoms with van der Waals surface area (Å²) in [4.78, 5) is 24.9. The average molecular weight is 755 g/mol. The van der Waals surface area contributed by atoms with Crippen LogP contribution in [0.3, 0.4) is 0 Å². The van der Waals surface area contributed by atoms with Crippen molar-refractivity contribution in [1.29, 1.82) is 0 Å². The van der Waals surface area contributed by atoms with Crippen molar-refractivity contribution in [3.8, 4) is 0 Å². The van der Waals surface area contributed by atoms with E-state index in [1.54, 1.807) is 6.08 Å². The Bertz CT molecular complexity index is 948. The van der Waals surface area contributed by atoms with Crippen molar-refractivity contribution in [2.45, 2.75) is 193 Å². The molecule has 52 heavy (non-hydrogen) atoms. The first-order valence-corrected chi connectivity index (χ1v) is 22.8. The van der Waals surface area contributed by atoms with E-state index in [0.29, 0.717) is 17.4 Å². The highest BCUT2D eigenvalue weighted by atomic mass is 31.2. The van der Waals surface area contributed by atoms with E-state index in [4.69, 9.17) is 9.05 Å². The smallest absolute Gasteiger partial charge is 0.268 e. The maximum absolute atomic E-state index is 12.7. The van der Waals surface area contributed by atoms with Gasteiger partial charge in [-0.2, -0.15) is 0 Å². The normalized spacial score (nSPS) is 14.8. The van der Waals surface area contributed by atoms with Gasteiger partial charge in [-0.25, -0.2) is 0 Å². The molecule has 0 fully saturated rings. The van der Waals surface area contributed by atoms with Gasteiger partial charge >= 0.3 is 0 Å². The van der Waals surface area contributed by atoms with Crippen molar-refractivity contribution < 1.29 is 32.9 Å². The average Bonchev–Trinajstić information content (AvgIpc) is 3.09. The summed E-state index contributed by atoms with van der Waals surface area (Å²) in [5, 5.41) is 13.4. The molecule has 0 spiro atoms. The summed E-state index contributed by atoms with van der Waals surface area (Å²) in [5.41, 5.74) is 0. The fraction of sp³-hybridized carbons (Fsp3) is 0.837. The van der Waals surface area contributed by atoms with Crippen LogP contribution in [0.1, 0.15) is 181 Å². The molecule has 0 aliphatic heterocycles. The summed E-state index contributed by atoms with van der Waals surface area (Å²) in [5.74, 6) is -0.210. The van der Waals surface area contributed by atoms with E-state index in [2.05, 4.69) is 36.5 Å². The molecule has 1 amide bonds. The maximum Gasteiger partial charge on any atom is 0.268 e. The number of unbranched alkanes of at least 4 members (excludes halogenated alkanes) is 21. The number of hydrogen-bond donors (Lipinski definition) is 2. The lowest BCUT2D eigenvalue weighted by Crippen LogP contribution is -2.45. The molecule has 0 aromatic heterocycles. The topological polar surface area (TPSA) is 108 Å². The summed E-state index contributed by atoms with van der Waals surface area (Å²) < 4.78 is 22.8. The second-order valence-corrected chi connectivity index (χ2v) is 17.1. The minimum atomic E-state index is -4.56. The van der Waals surface area contributed by atoms with Crippen molar-refractivity contribution in [2.24, 2.45) is 0 Å². The number of allylic oxidation sites excluding steroid dienone is 5. The zero-order valence-corrected chi connectivity index (χ0v) is 35.4. The molecule has 0 radical (unpaired) electrons. The quantitative estimate of drug-likeness (QED) is 0.0281. The molecule has 9 heteroatoms. The minimum absolute atomic E-state index is 0.00268. The Labute approximate surface area is 321 Å². The van der Waals surface area contributed by atoms with Crippen molar-refractivity contribution in [3.63, 3.8) is 0 Å². The molecule has 0 saturated carbocycles. The van der Waals surface area contributed by atoms with Gasteiger partial charge in [0.05, 0.1) is 39.9 Å². The Kier molecular flexibility index (Phi) is 34.6. The van der Waals surface area contributed by atoms with Gasteiger partial charge in [0.2, 0.25) is 5.91 Å². The number of carbonyl (C=O) groups is 1. The predicted molar refractivity (Wildman–Crippen MR) is 219 cm³/mol. The van der Waals surface area contributed by atoms with Crippen LogP contribution in [0.15, 0.2) is 36.5 Å². The first kappa shape index (κ1) is 50.7. The molecular formula is C43H83N2O6P. The number of phosphoric ester groups is 1. The zero-order chi connectivity index (χ0) is 38.6. The summed E-state index contributed by atoms with van der Waals surface area (Å²) in [6, 6.07) is -0.880. The number of likely N-dealkylation sites (N-methyl/N-ethyl adjacent to an activating group) is 1. The number of phosphoric acid groups is 1. The van der Waals surface area contributed by atoms with Gasteiger partial charge in [-0.15, -0.1) is 0 Å². The van der Waals surface area contributed by atoms with Gasteiger partial charge in [-0.05, 0) is 44.9 Å². The van der Waals surface area contributed by atoms with Gasteiger partial charge in [-0.1, -0.05) is 166 Å². The van der Waals surface area contributed by atoms with Crippen LogP contribution in [0.4, 0.5) is 0 Å². The lowest BCUT2D eigenvalue weighted by atomic mass is 10.0. The molecule has 0 aromatic carbocycles. The Morgan fingerprint density at radius 2 is 1.15 bits per heavy atom. The molecule has 2 N–H and O–H groups in total. The lowest BCUT2D eigenvalue weighted by molar-refractivity contribution is -0.870. The van der Waals surface area contributed by atoms with E-state index in [1.807, 2.05) is 34.1 Å². The number of nitrogens with one attached hydrogen (secondary N) is 1. The molecule has 0 rings (SSSR count). The minimum Gasteiger partial charge on any atom is -0.756 e. The van der Waals surface area contributed by atoms with E-state index in [9.17, 15) is 19.4 Å². The number of nitrogens with zero attached hydrogens (tertiary/aromatic N) is 1. The van der Waals surface area contributed by atoms with E-state index in [0.717, 1.165) is 38.5 Å². The lowest BCUT2D eigenvalue weighted by Gasteiger charge is -2.29. The van der Waals surface area contributed by atoms with Crippen LogP contribution in [-0.2, 0) is 18.4 Å². The van der Waals surface area contributed by atoms with Crippen LogP contribution in [0, 0.1) is 0 Å². The van der Waals surface area contributed by atoms with Crippen molar-refractivity contribution in [1.82, 2.24) is 5.32 Å². The summed E-state index contributed by atoms with van der Waals surface area (Å²) in [6.45, 7) is 4.41. The summed E-state index contributed by atoms with van der Waals surface area (Å²) in [7, 11) is 1.25. The van der Waals surface area contributed by atoms with Crippen LogP contribution < -0.4 is 10.2 Å². The monoisotopic (exact) mass is 755 g/mol. The van der Waals surface area contributed by atoms with Gasteiger partial charge in [0.15, 0.2) is 0 Å². The SMILES string of the molecule is CCC/C=C/C(O)C(COP(=O)([O-])OCC[N+](C)(C)C)NC(=O)CCCCCCCCCCCCCCCCC/C=C\C/C=C\CCCCCCC. The van der Waals surface area contributed by atoms with E-state index in [-0.39, 0.29) is 19.1 Å². The number of carbonyl (C=O) groups excluding carboxylic acids is 1. The second-order valence-electron chi connectivity index (χ2n) is 15.7. The molecule has 0 aliphatic rings. The Hall–Kier alpha value is -1.28. The predicted octanol–water partition coefficient (Wildman–Crippen LogP) is 10.9. The summed E-state index contributed by atoms with van der Waals surface area (Å²) in [6.07, 6.45) is 42.9. The van der Waals surface area contributed by atoms with Gasteiger partial charge in [-0.3, -0.25) is 9.36 Å². The highest BCUT2D eigenvalue weighted by Gasteiger charge is 2.23. The molecule has 3 unspecified atom stereocenters. The number of quaternary nitrogens is 1. The van der Waals surface area contributed by atoms with Crippen LogP contribution in [0.2, 0.25) is 0 Å². The Morgan fingerprint density at radius 1 is 0.673 bits per heavy atom. The molecule has 0 saturated heterocycles. The highest BCUT2D eigenvalue weighted by molar-refractivity contribution is 7.45. The molecular weight excluding hydrogens is 671 g/mol. The van der Waals surface area contributed by atoms with E-state index < -0.39 is 20.0 Å². The molecule has 0 aromatic rings. The standard InChI is InChI=1S/C43H83N2O6P/c1-6-8-10-11-12-13-14-15-16-17-18-19-20-21-22-23-24-25-26-27-28-29-30-31-32-33-35-37-43(47)44-41(42(46)36-34-9-7-2)40-51-52(48,49)50-39-38-45(3,4)5/h14-15,17-18,34,36,41-42,46H,6-13,16,19-33,35,37-40H2,1-5H3,(H-,44,47,48,49)/b15-14-,18-17-,36-34+. The number of aliphatic hydroxyl groups excluding tert-OH is 1. The molecule has 0 heterocycles. The number of rotatable bonds is 38. The third kappa shape index (κ3) is 37.1. The van der Waals surface area contributed by atoms with Crippen molar-refractivity contribution in [3.05, 3.63) is 36.5 Å². The number of aliphatic hydroxyl groups is 1.